The predicted octanol–water partition coefficient (Wildman–Crippen LogP) is 4.31. The molecule has 104 valence electrons. The summed E-state index contributed by atoms with van der Waals surface area (Å²) in [5.74, 6) is 0.890. The van der Waals surface area contributed by atoms with E-state index in [2.05, 4.69) is 6.07 Å². The molecule has 4 heteroatoms. The fraction of sp³-hybridized carbons (Fsp3) is 0.250. The molecule has 0 spiro atoms. The van der Waals surface area contributed by atoms with E-state index >= 15 is 0 Å². The highest BCUT2D eigenvalue weighted by molar-refractivity contribution is 6.39. The summed E-state index contributed by atoms with van der Waals surface area (Å²) in [4.78, 5) is 0. The number of para-hydroxylation sites is 1. The molecule has 2 nitrogen and oxygen atoms in total. The summed E-state index contributed by atoms with van der Waals surface area (Å²) in [6, 6.07) is 11.6. The van der Waals surface area contributed by atoms with Gasteiger partial charge in [0.25, 0.3) is 0 Å². The van der Waals surface area contributed by atoms with Crippen LogP contribution in [0.1, 0.15) is 12.0 Å². The highest BCUT2D eigenvalue weighted by Gasteiger charge is 2.26. The maximum Gasteiger partial charge on any atom is 0.130 e. The predicted molar refractivity (Wildman–Crippen MR) is 83.7 cm³/mol. The Morgan fingerprint density at radius 3 is 2.50 bits per heavy atom. The quantitative estimate of drug-likeness (QED) is 0.917. The molecule has 2 aromatic carbocycles. The van der Waals surface area contributed by atoms with Gasteiger partial charge in [0.1, 0.15) is 11.9 Å². The fourth-order valence-corrected chi connectivity index (χ4v) is 3.24. The maximum atomic E-state index is 6.30. The van der Waals surface area contributed by atoms with Crippen LogP contribution in [0, 0.1) is 0 Å². The van der Waals surface area contributed by atoms with E-state index in [1.807, 2.05) is 30.3 Å². The minimum Gasteiger partial charge on any atom is -0.489 e. The molecule has 1 aliphatic heterocycles. The molecule has 0 radical (unpaired) electrons. The number of benzene rings is 2. The topological polar surface area (TPSA) is 35.2 Å². The second-order valence-corrected chi connectivity index (χ2v) is 5.73. The SMILES string of the molecule is NCCC1Cc2cccc(-c3c(Cl)cccc3Cl)c2O1. The van der Waals surface area contributed by atoms with Crippen molar-refractivity contribution in [1.82, 2.24) is 0 Å². The summed E-state index contributed by atoms with van der Waals surface area (Å²) < 4.78 is 6.05. The standard InChI is InChI=1S/C16H15Cl2NO/c17-13-5-2-6-14(18)15(13)12-4-1-3-10-9-11(7-8-19)20-16(10)12/h1-6,11H,7-9,19H2. The van der Waals surface area contributed by atoms with Crippen LogP contribution in [0.25, 0.3) is 11.1 Å². The first-order valence-electron chi connectivity index (χ1n) is 6.63. The Morgan fingerprint density at radius 1 is 1.10 bits per heavy atom. The van der Waals surface area contributed by atoms with Gasteiger partial charge in [-0.1, -0.05) is 47.5 Å². The van der Waals surface area contributed by atoms with Crippen molar-refractivity contribution in [1.29, 1.82) is 0 Å². The van der Waals surface area contributed by atoms with E-state index in [9.17, 15) is 0 Å². The van der Waals surface area contributed by atoms with Gasteiger partial charge in [-0.15, -0.1) is 0 Å². The van der Waals surface area contributed by atoms with Crippen molar-refractivity contribution in [2.45, 2.75) is 18.9 Å². The zero-order valence-corrected chi connectivity index (χ0v) is 12.4. The number of hydrogen-bond donors (Lipinski definition) is 1. The summed E-state index contributed by atoms with van der Waals surface area (Å²) in [5, 5.41) is 1.27. The Kier molecular flexibility index (Phi) is 3.88. The van der Waals surface area contributed by atoms with Gasteiger partial charge in [-0.2, -0.15) is 0 Å². The van der Waals surface area contributed by atoms with E-state index in [1.165, 1.54) is 5.56 Å². The monoisotopic (exact) mass is 307 g/mol. The Bertz CT molecular complexity index is 622. The lowest BCUT2D eigenvalue weighted by atomic mass is 10.00. The van der Waals surface area contributed by atoms with Gasteiger partial charge in [0, 0.05) is 17.5 Å². The molecule has 0 saturated heterocycles. The lowest BCUT2D eigenvalue weighted by Gasteiger charge is -2.13. The molecular formula is C16H15Cl2NO. The van der Waals surface area contributed by atoms with Crippen molar-refractivity contribution in [2.24, 2.45) is 5.73 Å². The average molecular weight is 308 g/mol. The highest BCUT2D eigenvalue weighted by Crippen LogP contribution is 2.44. The van der Waals surface area contributed by atoms with Crippen LogP contribution in [0.2, 0.25) is 10.0 Å². The molecule has 20 heavy (non-hydrogen) atoms. The molecule has 1 heterocycles. The number of fused-ring (bicyclic) bond motifs is 1. The average Bonchev–Trinajstić information content (AvgIpc) is 2.82. The summed E-state index contributed by atoms with van der Waals surface area (Å²) in [6.07, 6.45) is 1.89. The van der Waals surface area contributed by atoms with Crippen LogP contribution < -0.4 is 10.5 Å². The van der Waals surface area contributed by atoms with Crippen molar-refractivity contribution in [3.8, 4) is 16.9 Å². The summed E-state index contributed by atoms with van der Waals surface area (Å²) >= 11 is 12.6. The number of halogens is 2. The van der Waals surface area contributed by atoms with E-state index < -0.39 is 0 Å². The van der Waals surface area contributed by atoms with Crippen molar-refractivity contribution >= 4 is 23.2 Å². The van der Waals surface area contributed by atoms with E-state index in [-0.39, 0.29) is 6.10 Å². The van der Waals surface area contributed by atoms with Gasteiger partial charge in [-0.3, -0.25) is 0 Å². The Morgan fingerprint density at radius 2 is 1.80 bits per heavy atom. The van der Waals surface area contributed by atoms with Crippen molar-refractivity contribution in [3.63, 3.8) is 0 Å². The Labute approximate surface area is 128 Å². The van der Waals surface area contributed by atoms with Gasteiger partial charge in [-0.25, -0.2) is 0 Å². The van der Waals surface area contributed by atoms with Gasteiger partial charge in [0.15, 0.2) is 0 Å². The van der Waals surface area contributed by atoms with E-state index in [1.54, 1.807) is 0 Å². The van der Waals surface area contributed by atoms with Crippen LogP contribution in [0.4, 0.5) is 0 Å². The molecule has 0 saturated carbocycles. The first kappa shape index (κ1) is 13.7. The molecule has 0 aliphatic carbocycles. The van der Waals surface area contributed by atoms with Crippen LogP contribution in [0.3, 0.4) is 0 Å². The fourth-order valence-electron chi connectivity index (χ4n) is 2.64. The van der Waals surface area contributed by atoms with Crippen molar-refractivity contribution < 1.29 is 4.74 Å². The minimum atomic E-state index is 0.150. The number of hydrogen-bond acceptors (Lipinski definition) is 2. The van der Waals surface area contributed by atoms with Gasteiger partial charge in [0.05, 0.1) is 10.0 Å². The van der Waals surface area contributed by atoms with Crippen LogP contribution in [-0.2, 0) is 6.42 Å². The lowest BCUT2D eigenvalue weighted by Crippen LogP contribution is -2.17. The molecule has 2 aromatic rings. The molecule has 0 aromatic heterocycles. The van der Waals surface area contributed by atoms with Gasteiger partial charge in [-0.05, 0) is 30.7 Å². The zero-order chi connectivity index (χ0) is 14.1. The third-order valence-electron chi connectivity index (χ3n) is 3.55. The highest BCUT2D eigenvalue weighted by atomic mass is 35.5. The van der Waals surface area contributed by atoms with Crippen molar-refractivity contribution in [2.75, 3.05) is 6.54 Å². The molecular weight excluding hydrogens is 293 g/mol. The Balaban J connectivity index is 2.08. The summed E-state index contributed by atoms with van der Waals surface area (Å²) in [6.45, 7) is 0.626. The molecule has 1 aliphatic rings. The van der Waals surface area contributed by atoms with Crippen molar-refractivity contribution in [3.05, 3.63) is 52.0 Å². The smallest absolute Gasteiger partial charge is 0.130 e. The second-order valence-electron chi connectivity index (χ2n) is 4.91. The third-order valence-corrected chi connectivity index (χ3v) is 4.18. The number of nitrogens with two attached hydrogens (primary N) is 1. The summed E-state index contributed by atoms with van der Waals surface area (Å²) in [5.41, 5.74) is 8.60. The zero-order valence-electron chi connectivity index (χ0n) is 10.9. The van der Waals surface area contributed by atoms with E-state index in [4.69, 9.17) is 33.7 Å². The molecule has 2 N–H and O–H groups in total. The van der Waals surface area contributed by atoms with Crippen LogP contribution >= 0.6 is 23.2 Å². The lowest BCUT2D eigenvalue weighted by molar-refractivity contribution is 0.225. The Hall–Kier alpha value is -1.22. The van der Waals surface area contributed by atoms with Gasteiger partial charge >= 0.3 is 0 Å². The third kappa shape index (κ3) is 2.39. The number of ether oxygens (including phenoxy) is 1. The normalized spacial score (nSPS) is 16.9. The van der Waals surface area contributed by atoms with Crippen LogP contribution in [0.15, 0.2) is 36.4 Å². The van der Waals surface area contributed by atoms with E-state index in [0.717, 1.165) is 29.7 Å². The molecule has 0 bridgehead atoms. The first-order chi connectivity index (χ1) is 9.70. The molecule has 1 atom stereocenters. The largest absolute Gasteiger partial charge is 0.489 e. The molecule has 0 amide bonds. The maximum absolute atomic E-state index is 6.30. The van der Waals surface area contributed by atoms with Crippen LogP contribution in [-0.4, -0.2) is 12.6 Å². The molecule has 1 unspecified atom stereocenters. The first-order valence-corrected chi connectivity index (χ1v) is 7.39. The summed E-state index contributed by atoms with van der Waals surface area (Å²) in [7, 11) is 0. The van der Waals surface area contributed by atoms with Crippen LogP contribution in [0.5, 0.6) is 5.75 Å². The van der Waals surface area contributed by atoms with Gasteiger partial charge < -0.3 is 10.5 Å². The van der Waals surface area contributed by atoms with Gasteiger partial charge in [0.2, 0.25) is 0 Å². The molecule has 0 fully saturated rings. The molecule has 3 rings (SSSR count). The second kappa shape index (κ2) is 5.65. The van der Waals surface area contributed by atoms with E-state index in [0.29, 0.717) is 16.6 Å². The minimum absolute atomic E-state index is 0.150. The number of rotatable bonds is 3.